The summed E-state index contributed by atoms with van der Waals surface area (Å²) in [5.41, 5.74) is 2.99. The minimum absolute atomic E-state index is 0.0864. The summed E-state index contributed by atoms with van der Waals surface area (Å²) in [7, 11) is 0. The molecule has 7 nitrogen and oxygen atoms in total. The highest BCUT2D eigenvalue weighted by molar-refractivity contribution is 5.97. The largest absolute Gasteiger partial charge is 0.352 e. The van der Waals surface area contributed by atoms with Gasteiger partial charge in [0.15, 0.2) is 0 Å². The van der Waals surface area contributed by atoms with Crippen LogP contribution in [0.25, 0.3) is 11.1 Å². The van der Waals surface area contributed by atoms with Crippen molar-refractivity contribution in [3.63, 3.8) is 0 Å². The third-order valence-corrected chi connectivity index (χ3v) is 4.72. The monoisotopic (exact) mass is 374 g/mol. The summed E-state index contributed by atoms with van der Waals surface area (Å²) in [5.74, 6) is 2.50. The Morgan fingerprint density at radius 1 is 1.11 bits per heavy atom. The number of carbonyl (C=O) groups excluding carboxylic acids is 1. The molecule has 0 saturated heterocycles. The Morgan fingerprint density at radius 3 is 2.61 bits per heavy atom. The summed E-state index contributed by atoms with van der Waals surface area (Å²) in [6, 6.07) is 7.47. The molecule has 0 aliphatic heterocycles. The van der Waals surface area contributed by atoms with Gasteiger partial charge in [-0.25, -0.2) is 15.0 Å². The van der Waals surface area contributed by atoms with Crippen molar-refractivity contribution < 1.29 is 4.79 Å². The van der Waals surface area contributed by atoms with E-state index in [1.165, 1.54) is 12.8 Å². The van der Waals surface area contributed by atoms with Crippen molar-refractivity contribution in [1.29, 1.82) is 0 Å². The zero-order valence-electron chi connectivity index (χ0n) is 15.9. The Hall–Kier alpha value is -3.35. The lowest BCUT2D eigenvalue weighted by Gasteiger charge is -2.15. The van der Waals surface area contributed by atoms with Crippen LogP contribution in [0, 0.1) is 19.8 Å². The number of rotatable bonds is 6. The van der Waals surface area contributed by atoms with Crippen molar-refractivity contribution >= 4 is 17.5 Å². The van der Waals surface area contributed by atoms with Crippen molar-refractivity contribution in [3.05, 3.63) is 59.9 Å². The highest BCUT2D eigenvalue weighted by Gasteiger charge is 2.23. The number of pyridine rings is 2. The maximum atomic E-state index is 12.7. The number of nitrogens with one attached hydrogen (secondary N) is 2. The first kappa shape index (κ1) is 18.0. The highest BCUT2D eigenvalue weighted by Crippen LogP contribution is 2.31. The van der Waals surface area contributed by atoms with E-state index < -0.39 is 0 Å². The molecule has 0 spiro atoms. The third kappa shape index (κ3) is 4.14. The van der Waals surface area contributed by atoms with Crippen LogP contribution in [0.2, 0.25) is 0 Å². The van der Waals surface area contributed by atoms with Crippen LogP contribution in [-0.4, -0.2) is 32.4 Å². The Labute approximate surface area is 163 Å². The summed E-state index contributed by atoms with van der Waals surface area (Å²) in [6.45, 7) is 4.41. The molecule has 1 fully saturated rings. The number of aromatic nitrogens is 4. The average Bonchev–Trinajstić information content (AvgIpc) is 3.51. The quantitative estimate of drug-likeness (QED) is 0.687. The number of anilines is 2. The van der Waals surface area contributed by atoms with Gasteiger partial charge in [0.05, 0.1) is 11.3 Å². The molecule has 4 rings (SSSR count). The van der Waals surface area contributed by atoms with Gasteiger partial charge in [0.25, 0.3) is 5.91 Å². The normalized spacial score (nSPS) is 13.2. The fraction of sp³-hybridized carbons (Fsp3) is 0.286. The van der Waals surface area contributed by atoms with Crippen molar-refractivity contribution in [2.24, 2.45) is 5.92 Å². The minimum Gasteiger partial charge on any atom is -0.352 e. The maximum absolute atomic E-state index is 12.7. The number of nitrogens with zero attached hydrogens (tertiary/aromatic N) is 4. The van der Waals surface area contributed by atoms with Gasteiger partial charge in [-0.05, 0) is 62.4 Å². The first-order valence-electron chi connectivity index (χ1n) is 9.37. The van der Waals surface area contributed by atoms with Crippen LogP contribution in [0.3, 0.4) is 0 Å². The summed E-state index contributed by atoms with van der Waals surface area (Å²) in [4.78, 5) is 30.0. The predicted molar refractivity (Wildman–Crippen MR) is 107 cm³/mol. The fourth-order valence-corrected chi connectivity index (χ4v) is 2.98. The van der Waals surface area contributed by atoms with E-state index >= 15 is 0 Å². The van der Waals surface area contributed by atoms with Crippen LogP contribution in [-0.2, 0) is 0 Å². The SMILES string of the molecule is Cc1nccc(Nc2nc(C)c(C(=O)NCC3CC3)cc2-c2ccncc2)n1. The fourth-order valence-electron chi connectivity index (χ4n) is 2.98. The van der Waals surface area contributed by atoms with Crippen LogP contribution in [0.1, 0.15) is 34.7 Å². The summed E-state index contributed by atoms with van der Waals surface area (Å²) in [6.07, 6.45) is 7.53. The molecule has 1 aliphatic carbocycles. The first-order valence-corrected chi connectivity index (χ1v) is 9.37. The van der Waals surface area contributed by atoms with E-state index in [1.54, 1.807) is 24.7 Å². The van der Waals surface area contributed by atoms with Crippen LogP contribution >= 0.6 is 0 Å². The molecule has 0 bridgehead atoms. The summed E-state index contributed by atoms with van der Waals surface area (Å²) in [5, 5.41) is 6.29. The number of aryl methyl sites for hydroxylation is 2. The van der Waals surface area contributed by atoms with Gasteiger partial charge in [-0.15, -0.1) is 0 Å². The number of hydrogen-bond donors (Lipinski definition) is 2. The van der Waals surface area contributed by atoms with Gasteiger partial charge in [-0.2, -0.15) is 0 Å². The second-order valence-electron chi connectivity index (χ2n) is 7.02. The van der Waals surface area contributed by atoms with E-state index in [1.807, 2.05) is 32.0 Å². The van der Waals surface area contributed by atoms with E-state index in [9.17, 15) is 4.79 Å². The molecule has 0 aromatic carbocycles. The van der Waals surface area contributed by atoms with Gasteiger partial charge in [0.1, 0.15) is 17.5 Å². The van der Waals surface area contributed by atoms with Crippen molar-refractivity contribution in [2.75, 3.05) is 11.9 Å². The van der Waals surface area contributed by atoms with Gasteiger partial charge < -0.3 is 10.6 Å². The van der Waals surface area contributed by atoms with Gasteiger partial charge in [0.2, 0.25) is 0 Å². The van der Waals surface area contributed by atoms with E-state index in [4.69, 9.17) is 0 Å². The average molecular weight is 374 g/mol. The maximum Gasteiger partial charge on any atom is 0.253 e. The number of carbonyl (C=O) groups is 1. The lowest BCUT2D eigenvalue weighted by Crippen LogP contribution is -2.26. The molecule has 28 heavy (non-hydrogen) atoms. The highest BCUT2D eigenvalue weighted by atomic mass is 16.1. The molecule has 3 aromatic heterocycles. The van der Waals surface area contributed by atoms with E-state index in [-0.39, 0.29) is 5.91 Å². The predicted octanol–water partition coefficient (Wildman–Crippen LogP) is 3.43. The van der Waals surface area contributed by atoms with E-state index in [0.29, 0.717) is 34.6 Å². The first-order chi connectivity index (χ1) is 13.6. The standard InChI is InChI=1S/C21H22N6O/c1-13-17(21(28)24-12-15-3-4-15)11-18(16-5-8-22-9-6-16)20(25-13)27-19-7-10-23-14(2)26-19/h5-11,15H,3-4,12H2,1-2H3,(H,24,28)(H,23,25,26,27). The van der Waals surface area contributed by atoms with Gasteiger partial charge in [-0.3, -0.25) is 9.78 Å². The lowest BCUT2D eigenvalue weighted by molar-refractivity contribution is 0.0951. The second-order valence-corrected chi connectivity index (χ2v) is 7.02. The number of amides is 1. The Kier molecular flexibility index (Phi) is 4.97. The van der Waals surface area contributed by atoms with Gasteiger partial charge in [-0.1, -0.05) is 0 Å². The summed E-state index contributed by atoms with van der Waals surface area (Å²) >= 11 is 0. The zero-order chi connectivity index (χ0) is 19.5. The lowest BCUT2D eigenvalue weighted by atomic mass is 10.0. The Morgan fingerprint density at radius 2 is 1.89 bits per heavy atom. The van der Waals surface area contributed by atoms with Crippen molar-refractivity contribution in [2.45, 2.75) is 26.7 Å². The molecule has 7 heteroatoms. The zero-order valence-corrected chi connectivity index (χ0v) is 15.9. The molecule has 1 amide bonds. The van der Waals surface area contributed by atoms with E-state index in [2.05, 4.69) is 30.6 Å². The van der Waals surface area contributed by atoms with Crippen LogP contribution in [0.5, 0.6) is 0 Å². The molecular weight excluding hydrogens is 352 g/mol. The Balaban J connectivity index is 1.71. The molecule has 0 unspecified atom stereocenters. The van der Waals surface area contributed by atoms with Crippen molar-refractivity contribution in [1.82, 2.24) is 25.3 Å². The second kappa shape index (κ2) is 7.72. The minimum atomic E-state index is -0.0864. The van der Waals surface area contributed by atoms with E-state index in [0.717, 1.165) is 17.7 Å². The van der Waals surface area contributed by atoms with Gasteiger partial charge >= 0.3 is 0 Å². The molecule has 1 aliphatic rings. The van der Waals surface area contributed by atoms with Crippen molar-refractivity contribution in [3.8, 4) is 11.1 Å². The molecule has 1 saturated carbocycles. The smallest absolute Gasteiger partial charge is 0.253 e. The number of hydrogen-bond acceptors (Lipinski definition) is 6. The van der Waals surface area contributed by atoms with Crippen LogP contribution in [0.4, 0.5) is 11.6 Å². The molecule has 0 atom stereocenters. The molecule has 0 radical (unpaired) electrons. The van der Waals surface area contributed by atoms with Crippen LogP contribution in [0.15, 0.2) is 42.9 Å². The molecule has 2 N–H and O–H groups in total. The molecule has 3 aromatic rings. The molecule has 3 heterocycles. The van der Waals surface area contributed by atoms with Gasteiger partial charge in [0, 0.05) is 30.7 Å². The Bertz CT molecular complexity index is 1000. The summed E-state index contributed by atoms with van der Waals surface area (Å²) < 4.78 is 0. The molecular formula is C21H22N6O. The third-order valence-electron chi connectivity index (χ3n) is 4.72. The topological polar surface area (TPSA) is 92.7 Å². The van der Waals surface area contributed by atoms with Crippen LogP contribution < -0.4 is 10.6 Å². The molecule has 142 valence electrons.